The highest BCUT2D eigenvalue weighted by Gasteiger charge is 2.60. The Kier molecular flexibility index (Phi) is 5.05. The highest BCUT2D eigenvalue weighted by molar-refractivity contribution is 6.70. The molecule has 0 radical (unpaired) electrons. The number of rotatable bonds is 4. The van der Waals surface area contributed by atoms with Crippen molar-refractivity contribution in [3.8, 4) is 0 Å². The molecule has 0 N–H and O–H groups in total. The van der Waals surface area contributed by atoms with Crippen molar-refractivity contribution >= 4 is 16.6 Å². The number of allylic oxidation sites excluding steroid dienone is 5. The summed E-state index contributed by atoms with van der Waals surface area (Å²) in [6.45, 7) is 17.2. The lowest BCUT2D eigenvalue weighted by Gasteiger charge is -2.60. The molecule has 5 heteroatoms. The molecule has 1 aliphatic heterocycles. The summed E-state index contributed by atoms with van der Waals surface area (Å²) in [7, 11) is -3.22. The molecule has 1 heterocycles. The van der Waals surface area contributed by atoms with E-state index in [1.807, 2.05) is 0 Å². The number of ether oxygens (including phenoxy) is 1. The maximum absolute atomic E-state index is 6.64. The largest absolute Gasteiger partial charge is 0.547 e. The number of hydrogen-bond donors (Lipinski definition) is 0. The molecule has 5 rings (SSSR count). The number of fused-ring (bicyclic) bond motifs is 4. The van der Waals surface area contributed by atoms with E-state index in [1.165, 1.54) is 37.9 Å². The van der Waals surface area contributed by atoms with Crippen LogP contribution in [0.2, 0.25) is 39.3 Å². The molecule has 6 atom stereocenters. The molecule has 0 aromatic carbocycles. The first-order valence-corrected chi connectivity index (χ1v) is 19.4. The van der Waals surface area contributed by atoms with Gasteiger partial charge in [-0.15, -0.1) is 0 Å². The molecule has 172 valence electrons. The molecule has 31 heavy (non-hydrogen) atoms. The van der Waals surface area contributed by atoms with Gasteiger partial charge >= 0.3 is 0 Å². The standard InChI is InChI=1S/C26H42O3Si2/c1-25-13-12-21-19(20(25)10-11-24(25)29-31(5,6)7)9-8-18-16-22(28-30(2,3)4)23-17-26(18,21)14-15-27-23/h8,11,16,19-21,23H,9-10,12-15,17H2,1-7H3/t19-,20-,21-,23?,25-,26-/m0/s1. The minimum Gasteiger partial charge on any atom is -0.547 e. The fourth-order valence-corrected chi connectivity index (χ4v) is 9.43. The van der Waals surface area contributed by atoms with Crippen molar-refractivity contribution in [2.45, 2.75) is 90.8 Å². The second-order valence-corrected chi connectivity index (χ2v) is 21.8. The second kappa shape index (κ2) is 7.10. The molecule has 3 nitrogen and oxygen atoms in total. The van der Waals surface area contributed by atoms with E-state index in [9.17, 15) is 0 Å². The van der Waals surface area contributed by atoms with Crippen molar-refractivity contribution in [3.63, 3.8) is 0 Å². The lowest BCUT2D eigenvalue weighted by atomic mass is 9.47. The average Bonchev–Trinajstić information content (AvgIpc) is 2.97. The lowest BCUT2D eigenvalue weighted by Crippen LogP contribution is -2.54. The van der Waals surface area contributed by atoms with E-state index >= 15 is 0 Å². The first-order valence-electron chi connectivity index (χ1n) is 12.5. The van der Waals surface area contributed by atoms with Gasteiger partial charge in [0.05, 0.1) is 5.76 Å². The molecule has 2 fully saturated rings. The fraction of sp³-hybridized carbons (Fsp3) is 0.769. The second-order valence-electron chi connectivity index (χ2n) is 13.0. The van der Waals surface area contributed by atoms with Crippen LogP contribution in [0, 0.1) is 28.6 Å². The van der Waals surface area contributed by atoms with Crippen LogP contribution < -0.4 is 0 Å². The van der Waals surface area contributed by atoms with Gasteiger partial charge in [-0.3, -0.25) is 0 Å². The summed E-state index contributed by atoms with van der Waals surface area (Å²) in [5, 5.41) is 0. The molecule has 1 spiro atoms. The summed E-state index contributed by atoms with van der Waals surface area (Å²) < 4.78 is 19.4. The first-order chi connectivity index (χ1) is 14.4. The monoisotopic (exact) mass is 458 g/mol. The van der Waals surface area contributed by atoms with Crippen LogP contribution in [0.5, 0.6) is 0 Å². The third-order valence-electron chi connectivity index (χ3n) is 8.71. The molecule has 4 aliphatic carbocycles. The van der Waals surface area contributed by atoms with Gasteiger partial charge in [-0.1, -0.05) is 13.0 Å². The molecule has 2 bridgehead atoms. The summed E-state index contributed by atoms with van der Waals surface area (Å²) in [4.78, 5) is 0. The fourth-order valence-electron chi connectivity index (χ4n) is 7.55. The van der Waals surface area contributed by atoms with E-state index in [4.69, 9.17) is 13.6 Å². The smallest absolute Gasteiger partial charge is 0.241 e. The molecule has 0 amide bonds. The van der Waals surface area contributed by atoms with Gasteiger partial charge in [0.15, 0.2) is 0 Å². The summed E-state index contributed by atoms with van der Waals surface area (Å²) in [5.41, 5.74) is 2.13. The van der Waals surface area contributed by atoms with Crippen molar-refractivity contribution in [1.29, 1.82) is 0 Å². The molecule has 1 unspecified atom stereocenters. The maximum atomic E-state index is 6.64. The molecular formula is C26H42O3Si2. The Morgan fingerprint density at radius 1 is 0.935 bits per heavy atom. The highest BCUT2D eigenvalue weighted by Crippen LogP contribution is 2.66. The van der Waals surface area contributed by atoms with E-state index in [1.54, 1.807) is 5.57 Å². The maximum Gasteiger partial charge on any atom is 0.241 e. The summed E-state index contributed by atoms with van der Waals surface area (Å²) in [6, 6.07) is 0. The molecule has 0 aromatic rings. The van der Waals surface area contributed by atoms with Crippen molar-refractivity contribution in [2.75, 3.05) is 6.61 Å². The zero-order chi connectivity index (χ0) is 22.2. The van der Waals surface area contributed by atoms with Crippen LogP contribution in [-0.4, -0.2) is 29.3 Å². The quantitative estimate of drug-likeness (QED) is 0.424. The first kappa shape index (κ1) is 22.0. The van der Waals surface area contributed by atoms with Gasteiger partial charge in [-0.25, -0.2) is 0 Å². The van der Waals surface area contributed by atoms with Crippen LogP contribution in [-0.2, 0) is 13.6 Å². The van der Waals surface area contributed by atoms with Crippen LogP contribution in [0.3, 0.4) is 0 Å². The zero-order valence-electron chi connectivity index (χ0n) is 20.7. The molecular weight excluding hydrogens is 416 g/mol. The molecule has 0 aromatic heterocycles. The number of hydrogen-bond acceptors (Lipinski definition) is 3. The van der Waals surface area contributed by atoms with Crippen molar-refractivity contribution in [3.05, 3.63) is 35.3 Å². The zero-order valence-corrected chi connectivity index (χ0v) is 22.7. The summed E-state index contributed by atoms with van der Waals surface area (Å²) >= 11 is 0. The van der Waals surface area contributed by atoms with Gasteiger partial charge in [0.2, 0.25) is 16.6 Å². The third kappa shape index (κ3) is 3.63. The Labute approximate surface area is 191 Å². The Morgan fingerprint density at radius 2 is 1.68 bits per heavy atom. The van der Waals surface area contributed by atoms with Crippen LogP contribution in [0.1, 0.15) is 45.4 Å². The van der Waals surface area contributed by atoms with Crippen LogP contribution >= 0.6 is 0 Å². The van der Waals surface area contributed by atoms with Gasteiger partial charge in [-0.05, 0) is 113 Å². The van der Waals surface area contributed by atoms with E-state index in [2.05, 4.69) is 64.4 Å². The Bertz CT molecular complexity index is 846. The van der Waals surface area contributed by atoms with Crippen LogP contribution in [0.15, 0.2) is 35.3 Å². The minimum absolute atomic E-state index is 0.164. The summed E-state index contributed by atoms with van der Waals surface area (Å²) in [5.74, 6) is 4.74. The van der Waals surface area contributed by atoms with E-state index in [0.29, 0.717) is 5.41 Å². The third-order valence-corrected chi connectivity index (χ3v) is 10.4. The SMILES string of the molecule is C[C@]12CC[C@H]3[C@@H](CC=C4C=C(O[Si](C)(C)C)C5C[C@@]43CCO5)[C@@H]1CC=C2O[Si](C)(C)C. The highest BCUT2D eigenvalue weighted by atomic mass is 28.4. The molecule has 1 saturated carbocycles. The van der Waals surface area contributed by atoms with E-state index in [0.717, 1.165) is 36.5 Å². The minimum atomic E-state index is -1.64. The van der Waals surface area contributed by atoms with Gasteiger partial charge in [-0.2, -0.15) is 0 Å². The van der Waals surface area contributed by atoms with Gasteiger partial charge in [0.1, 0.15) is 11.9 Å². The van der Waals surface area contributed by atoms with Gasteiger partial charge < -0.3 is 13.6 Å². The van der Waals surface area contributed by atoms with Crippen molar-refractivity contribution in [2.24, 2.45) is 28.6 Å². The normalized spacial score (nSPS) is 41.8. The average molecular weight is 459 g/mol. The van der Waals surface area contributed by atoms with Gasteiger partial charge in [0.25, 0.3) is 0 Å². The van der Waals surface area contributed by atoms with Crippen molar-refractivity contribution < 1.29 is 13.6 Å². The van der Waals surface area contributed by atoms with E-state index in [-0.39, 0.29) is 11.5 Å². The predicted molar refractivity (Wildman–Crippen MR) is 132 cm³/mol. The lowest BCUT2D eigenvalue weighted by molar-refractivity contribution is -0.102. The van der Waals surface area contributed by atoms with Crippen LogP contribution in [0.25, 0.3) is 0 Å². The Balaban J connectivity index is 1.46. The van der Waals surface area contributed by atoms with Gasteiger partial charge in [0, 0.05) is 17.4 Å². The van der Waals surface area contributed by atoms with E-state index < -0.39 is 16.6 Å². The molecule has 1 saturated heterocycles. The Hall–Kier alpha value is -0.786. The topological polar surface area (TPSA) is 27.7 Å². The van der Waals surface area contributed by atoms with Crippen molar-refractivity contribution in [1.82, 2.24) is 0 Å². The molecule has 5 aliphatic rings. The predicted octanol–water partition coefficient (Wildman–Crippen LogP) is 7.02. The Morgan fingerprint density at radius 3 is 2.39 bits per heavy atom. The summed E-state index contributed by atoms with van der Waals surface area (Å²) in [6.07, 6.45) is 15.0. The van der Waals surface area contributed by atoms with Crippen LogP contribution in [0.4, 0.5) is 0 Å².